The molecule has 0 aromatic rings. The number of nitrogens with one attached hydrogen (secondary N) is 1. The Morgan fingerprint density at radius 2 is 1.88 bits per heavy atom. The minimum atomic E-state index is 0.144. The lowest BCUT2D eigenvalue weighted by atomic mass is 9.67. The van der Waals surface area contributed by atoms with Crippen molar-refractivity contribution in [1.29, 1.82) is 0 Å². The molecule has 0 atom stereocenters. The van der Waals surface area contributed by atoms with E-state index in [1.54, 1.807) is 0 Å². The summed E-state index contributed by atoms with van der Waals surface area (Å²) >= 11 is 0. The Hall–Kier alpha value is -0.520. The summed E-state index contributed by atoms with van der Waals surface area (Å²) in [5, 5.41) is 3.56. The van der Waals surface area contributed by atoms with E-state index in [1.807, 2.05) is 6.92 Å². The van der Waals surface area contributed by atoms with Crippen molar-refractivity contribution in [2.75, 3.05) is 13.1 Å². The molecule has 1 rings (SSSR count). The third-order valence-corrected chi connectivity index (χ3v) is 4.29. The predicted molar refractivity (Wildman–Crippen MR) is 74.7 cm³/mol. The summed E-state index contributed by atoms with van der Waals surface area (Å²) in [5.41, 5.74) is 6.54. The van der Waals surface area contributed by atoms with Crippen molar-refractivity contribution in [3.8, 4) is 11.8 Å². The van der Waals surface area contributed by atoms with Gasteiger partial charge in [0.1, 0.15) is 0 Å². The van der Waals surface area contributed by atoms with Crippen molar-refractivity contribution in [3.05, 3.63) is 0 Å². The van der Waals surface area contributed by atoms with Gasteiger partial charge < -0.3 is 5.73 Å². The molecule has 0 aromatic heterocycles. The maximum absolute atomic E-state index is 5.96. The van der Waals surface area contributed by atoms with E-state index in [-0.39, 0.29) is 5.54 Å². The van der Waals surface area contributed by atoms with Crippen LogP contribution in [0.5, 0.6) is 0 Å². The van der Waals surface area contributed by atoms with E-state index in [1.165, 1.54) is 25.7 Å². The molecule has 98 valence electrons. The Balaban J connectivity index is 2.53. The minimum Gasteiger partial charge on any atom is -0.329 e. The Labute approximate surface area is 107 Å². The fourth-order valence-corrected chi connectivity index (χ4v) is 2.81. The zero-order valence-corrected chi connectivity index (χ0v) is 11.9. The van der Waals surface area contributed by atoms with Crippen LogP contribution < -0.4 is 11.1 Å². The quantitative estimate of drug-likeness (QED) is 0.739. The molecular formula is C15H28N2. The molecule has 17 heavy (non-hydrogen) atoms. The van der Waals surface area contributed by atoms with Gasteiger partial charge in [-0.25, -0.2) is 0 Å². The highest BCUT2D eigenvalue weighted by molar-refractivity contribution is 5.02. The van der Waals surface area contributed by atoms with Crippen LogP contribution in [0.25, 0.3) is 0 Å². The predicted octanol–water partition coefficient (Wildman–Crippen LogP) is 2.53. The molecule has 1 fully saturated rings. The summed E-state index contributed by atoms with van der Waals surface area (Å²) in [7, 11) is 0. The molecule has 2 nitrogen and oxygen atoms in total. The Bertz CT molecular complexity index is 282. The van der Waals surface area contributed by atoms with Crippen LogP contribution in [0.2, 0.25) is 0 Å². The first-order valence-corrected chi connectivity index (χ1v) is 6.78. The summed E-state index contributed by atoms with van der Waals surface area (Å²) in [6.45, 7) is 10.4. The summed E-state index contributed by atoms with van der Waals surface area (Å²) in [6.07, 6.45) is 4.95. The molecule has 0 saturated heterocycles. The van der Waals surface area contributed by atoms with Crippen LogP contribution in [-0.2, 0) is 0 Å². The fraction of sp³-hybridized carbons (Fsp3) is 0.867. The molecule has 0 radical (unpaired) electrons. The fourth-order valence-electron chi connectivity index (χ4n) is 2.81. The lowest BCUT2D eigenvalue weighted by Crippen LogP contribution is -2.54. The molecular weight excluding hydrogens is 208 g/mol. The van der Waals surface area contributed by atoms with Crippen LogP contribution in [0.3, 0.4) is 0 Å². The molecule has 0 spiro atoms. The third kappa shape index (κ3) is 4.01. The molecule has 1 aliphatic rings. The van der Waals surface area contributed by atoms with Gasteiger partial charge in [-0.1, -0.05) is 26.7 Å². The highest BCUT2D eigenvalue weighted by Gasteiger charge is 2.37. The van der Waals surface area contributed by atoms with Gasteiger partial charge in [-0.2, -0.15) is 0 Å². The molecule has 0 amide bonds. The van der Waals surface area contributed by atoms with Gasteiger partial charge in [0.15, 0.2) is 0 Å². The first-order valence-electron chi connectivity index (χ1n) is 6.78. The molecule has 0 bridgehead atoms. The lowest BCUT2D eigenvalue weighted by Gasteiger charge is -2.44. The van der Waals surface area contributed by atoms with E-state index >= 15 is 0 Å². The van der Waals surface area contributed by atoms with Gasteiger partial charge in [0, 0.05) is 12.1 Å². The van der Waals surface area contributed by atoms with Gasteiger partial charge in [-0.05, 0) is 43.9 Å². The first-order chi connectivity index (χ1) is 7.93. The maximum Gasteiger partial charge on any atom is 0.0581 e. The van der Waals surface area contributed by atoms with Crippen molar-refractivity contribution in [1.82, 2.24) is 5.32 Å². The normalized spacial score (nSPS) is 29.6. The largest absolute Gasteiger partial charge is 0.329 e. The van der Waals surface area contributed by atoms with Gasteiger partial charge in [0.05, 0.1) is 6.54 Å². The van der Waals surface area contributed by atoms with Crippen LogP contribution in [0.1, 0.15) is 53.4 Å². The summed E-state index contributed by atoms with van der Waals surface area (Å²) < 4.78 is 0. The van der Waals surface area contributed by atoms with Gasteiger partial charge in [0.25, 0.3) is 0 Å². The second-order valence-electron chi connectivity index (χ2n) is 6.41. The van der Waals surface area contributed by atoms with E-state index in [0.717, 1.165) is 19.0 Å². The molecule has 2 heteroatoms. The van der Waals surface area contributed by atoms with Gasteiger partial charge in [0.2, 0.25) is 0 Å². The Morgan fingerprint density at radius 3 is 2.29 bits per heavy atom. The second kappa shape index (κ2) is 5.89. The SMILES string of the molecule is CC#CCNC1(CN)CCC(C(C)(C)C)CC1. The van der Waals surface area contributed by atoms with E-state index in [4.69, 9.17) is 5.73 Å². The molecule has 1 aliphatic carbocycles. The highest BCUT2D eigenvalue weighted by Crippen LogP contribution is 2.40. The monoisotopic (exact) mass is 236 g/mol. The zero-order valence-electron chi connectivity index (χ0n) is 11.9. The maximum atomic E-state index is 5.96. The van der Waals surface area contributed by atoms with E-state index in [2.05, 4.69) is 37.9 Å². The van der Waals surface area contributed by atoms with Crippen LogP contribution >= 0.6 is 0 Å². The topological polar surface area (TPSA) is 38.0 Å². The Morgan fingerprint density at radius 1 is 1.29 bits per heavy atom. The second-order valence-corrected chi connectivity index (χ2v) is 6.41. The van der Waals surface area contributed by atoms with Crippen molar-refractivity contribution in [2.45, 2.75) is 58.9 Å². The molecule has 0 unspecified atom stereocenters. The van der Waals surface area contributed by atoms with Crippen LogP contribution in [0.4, 0.5) is 0 Å². The molecule has 0 heterocycles. The van der Waals surface area contributed by atoms with Crippen molar-refractivity contribution < 1.29 is 0 Å². The molecule has 1 saturated carbocycles. The molecule has 0 aromatic carbocycles. The Kier molecular flexibility index (Phi) is 5.04. The van der Waals surface area contributed by atoms with Crippen LogP contribution in [0, 0.1) is 23.2 Å². The highest BCUT2D eigenvalue weighted by atomic mass is 15.0. The average Bonchev–Trinajstić information content (AvgIpc) is 2.29. The van der Waals surface area contributed by atoms with E-state index < -0.39 is 0 Å². The summed E-state index contributed by atoms with van der Waals surface area (Å²) in [4.78, 5) is 0. The van der Waals surface area contributed by atoms with E-state index in [0.29, 0.717) is 5.41 Å². The minimum absolute atomic E-state index is 0.144. The van der Waals surface area contributed by atoms with Gasteiger partial charge >= 0.3 is 0 Å². The zero-order chi connectivity index (χ0) is 12.9. The molecule has 3 N–H and O–H groups in total. The number of hydrogen-bond acceptors (Lipinski definition) is 2. The van der Waals surface area contributed by atoms with Crippen molar-refractivity contribution >= 4 is 0 Å². The van der Waals surface area contributed by atoms with Crippen molar-refractivity contribution in [2.24, 2.45) is 17.1 Å². The third-order valence-electron chi connectivity index (χ3n) is 4.29. The smallest absolute Gasteiger partial charge is 0.0581 e. The number of rotatable bonds is 3. The first kappa shape index (κ1) is 14.5. The number of hydrogen-bond donors (Lipinski definition) is 2. The van der Waals surface area contributed by atoms with E-state index in [9.17, 15) is 0 Å². The standard InChI is InChI=1S/C15H28N2/c1-5-6-11-17-15(12-16)9-7-13(8-10-15)14(2,3)4/h13,17H,7-12,16H2,1-4H3. The number of nitrogens with two attached hydrogens (primary N) is 1. The summed E-state index contributed by atoms with van der Waals surface area (Å²) in [6, 6.07) is 0. The molecule has 0 aliphatic heterocycles. The summed E-state index contributed by atoms with van der Waals surface area (Å²) in [5.74, 6) is 6.84. The van der Waals surface area contributed by atoms with Crippen LogP contribution in [0.15, 0.2) is 0 Å². The lowest BCUT2D eigenvalue weighted by molar-refractivity contribution is 0.120. The van der Waals surface area contributed by atoms with Gasteiger partial charge in [-0.3, -0.25) is 5.32 Å². The van der Waals surface area contributed by atoms with Crippen molar-refractivity contribution in [3.63, 3.8) is 0 Å². The van der Waals surface area contributed by atoms with Crippen LogP contribution in [-0.4, -0.2) is 18.6 Å². The average molecular weight is 236 g/mol. The van der Waals surface area contributed by atoms with Gasteiger partial charge in [-0.15, -0.1) is 5.92 Å².